The first-order chi connectivity index (χ1) is 13.0. The Bertz CT molecular complexity index is 833. The van der Waals surface area contributed by atoms with Gasteiger partial charge in [0.2, 0.25) is 5.91 Å². The summed E-state index contributed by atoms with van der Waals surface area (Å²) in [6, 6.07) is 12.1. The number of carbonyl (C=O) groups is 1. The highest BCUT2D eigenvalue weighted by atomic mass is 35.5. The number of benzene rings is 2. The number of nitro benzene ring substituents is 1. The van der Waals surface area contributed by atoms with Crippen LogP contribution in [0.25, 0.3) is 0 Å². The van der Waals surface area contributed by atoms with Crippen LogP contribution >= 0.6 is 11.6 Å². The normalized spacial score (nSPS) is 14.1. The summed E-state index contributed by atoms with van der Waals surface area (Å²) in [5, 5.41) is 12.0. The molecule has 0 spiro atoms. The van der Waals surface area contributed by atoms with Gasteiger partial charge in [0, 0.05) is 31.2 Å². The molecule has 0 unspecified atom stereocenters. The van der Waals surface area contributed by atoms with Crippen LogP contribution in [0.2, 0.25) is 5.02 Å². The number of halogens is 1. The Morgan fingerprint density at radius 2 is 1.81 bits per heavy atom. The second-order valence-corrected chi connectivity index (χ2v) is 6.72. The van der Waals surface area contributed by atoms with Crippen molar-refractivity contribution in [3.05, 3.63) is 63.2 Å². The van der Waals surface area contributed by atoms with E-state index in [1.54, 1.807) is 29.2 Å². The molecule has 142 valence electrons. The highest BCUT2D eigenvalue weighted by Gasteiger charge is 2.26. The van der Waals surface area contributed by atoms with Crippen LogP contribution in [0.4, 0.5) is 11.4 Å². The van der Waals surface area contributed by atoms with Crippen molar-refractivity contribution in [3.8, 4) is 5.75 Å². The van der Waals surface area contributed by atoms with Crippen molar-refractivity contribution >= 4 is 28.9 Å². The lowest BCUT2D eigenvalue weighted by molar-refractivity contribution is -0.384. The quantitative estimate of drug-likeness (QED) is 0.580. The monoisotopic (exact) mass is 389 g/mol. The second-order valence-electron chi connectivity index (χ2n) is 6.28. The van der Waals surface area contributed by atoms with Crippen molar-refractivity contribution in [2.24, 2.45) is 0 Å². The zero-order valence-corrected chi connectivity index (χ0v) is 15.7. The van der Waals surface area contributed by atoms with Gasteiger partial charge in [0.25, 0.3) is 5.69 Å². The molecule has 0 aliphatic carbocycles. The van der Waals surface area contributed by atoms with Crippen molar-refractivity contribution in [3.63, 3.8) is 0 Å². The van der Waals surface area contributed by atoms with E-state index >= 15 is 0 Å². The summed E-state index contributed by atoms with van der Waals surface area (Å²) in [6.07, 6.45) is 0.319. The molecule has 0 atom stereocenters. The zero-order valence-electron chi connectivity index (χ0n) is 14.9. The summed E-state index contributed by atoms with van der Waals surface area (Å²) in [6.45, 7) is 2.13. The van der Waals surface area contributed by atoms with Crippen LogP contribution in [0.3, 0.4) is 0 Å². The topological polar surface area (TPSA) is 75.9 Å². The van der Waals surface area contributed by atoms with E-state index in [2.05, 4.69) is 0 Å². The average molecular weight is 390 g/mol. The molecule has 0 saturated carbocycles. The van der Waals surface area contributed by atoms with Gasteiger partial charge in [-0.3, -0.25) is 14.9 Å². The molecule has 1 amide bonds. The molecule has 2 aromatic carbocycles. The molecule has 1 heterocycles. The SMILES string of the molecule is COc1ccc(N2CCN(C(=O)Cc3ccc(Cl)cc3)CC2)c([N+](=O)[O-])c1. The van der Waals surface area contributed by atoms with Gasteiger partial charge in [-0.2, -0.15) is 0 Å². The van der Waals surface area contributed by atoms with E-state index in [1.165, 1.54) is 13.2 Å². The molecule has 1 fully saturated rings. The van der Waals surface area contributed by atoms with Crippen molar-refractivity contribution in [2.75, 3.05) is 38.2 Å². The second kappa shape index (κ2) is 8.26. The third kappa shape index (κ3) is 4.49. The van der Waals surface area contributed by atoms with Crippen LogP contribution in [0.1, 0.15) is 5.56 Å². The van der Waals surface area contributed by atoms with Crippen LogP contribution in [0.15, 0.2) is 42.5 Å². The highest BCUT2D eigenvalue weighted by Crippen LogP contribution is 2.32. The molecule has 0 aromatic heterocycles. The maximum absolute atomic E-state index is 12.5. The largest absolute Gasteiger partial charge is 0.496 e. The lowest BCUT2D eigenvalue weighted by Crippen LogP contribution is -2.49. The van der Waals surface area contributed by atoms with E-state index in [-0.39, 0.29) is 11.6 Å². The van der Waals surface area contributed by atoms with Gasteiger partial charge < -0.3 is 14.5 Å². The van der Waals surface area contributed by atoms with Crippen LogP contribution < -0.4 is 9.64 Å². The smallest absolute Gasteiger partial charge is 0.296 e. The average Bonchev–Trinajstić information content (AvgIpc) is 2.69. The first-order valence-corrected chi connectivity index (χ1v) is 8.95. The van der Waals surface area contributed by atoms with Gasteiger partial charge in [-0.25, -0.2) is 0 Å². The van der Waals surface area contributed by atoms with Crippen molar-refractivity contribution in [1.29, 1.82) is 0 Å². The maximum atomic E-state index is 12.5. The fourth-order valence-electron chi connectivity index (χ4n) is 3.13. The summed E-state index contributed by atoms with van der Waals surface area (Å²) in [7, 11) is 1.48. The van der Waals surface area contributed by atoms with Crippen LogP contribution in [0, 0.1) is 10.1 Å². The van der Waals surface area contributed by atoms with Gasteiger partial charge in [-0.15, -0.1) is 0 Å². The van der Waals surface area contributed by atoms with Gasteiger partial charge in [0.15, 0.2) is 0 Å². The predicted octanol–water partition coefficient (Wildman–Crippen LogP) is 3.15. The molecule has 2 aromatic rings. The number of amides is 1. The lowest BCUT2D eigenvalue weighted by atomic mass is 10.1. The van der Waals surface area contributed by atoms with Gasteiger partial charge in [0.1, 0.15) is 11.4 Å². The Morgan fingerprint density at radius 3 is 2.41 bits per heavy atom. The van der Waals surface area contributed by atoms with E-state index in [9.17, 15) is 14.9 Å². The Morgan fingerprint density at radius 1 is 1.15 bits per heavy atom. The third-order valence-corrected chi connectivity index (χ3v) is 4.87. The fourth-order valence-corrected chi connectivity index (χ4v) is 3.26. The molecule has 27 heavy (non-hydrogen) atoms. The minimum absolute atomic E-state index is 0.00953. The van der Waals surface area contributed by atoms with Gasteiger partial charge in [-0.05, 0) is 29.8 Å². The highest BCUT2D eigenvalue weighted by molar-refractivity contribution is 6.30. The first kappa shape index (κ1) is 19.0. The number of ether oxygens (including phenoxy) is 1. The van der Waals surface area contributed by atoms with E-state index in [0.29, 0.717) is 49.1 Å². The van der Waals surface area contributed by atoms with Crippen LogP contribution in [-0.4, -0.2) is 49.0 Å². The van der Waals surface area contributed by atoms with E-state index in [0.717, 1.165) is 5.56 Å². The van der Waals surface area contributed by atoms with Gasteiger partial charge in [0.05, 0.1) is 24.5 Å². The molecule has 1 saturated heterocycles. The van der Waals surface area contributed by atoms with E-state index < -0.39 is 4.92 Å². The molecule has 1 aliphatic heterocycles. The molecule has 1 aliphatic rings. The molecular weight excluding hydrogens is 370 g/mol. The lowest BCUT2D eigenvalue weighted by Gasteiger charge is -2.36. The Kier molecular flexibility index (Phi) is 5.81. The number of rotatable bonds is 5. The number of hydrogen-bond acceptors (Lipinski definition) is 5. The van der Waals surface area contributed by atoms with Gasteiger partial charge >= 0.3 is 0 Å². The Labute approximate surface area is 162 Å². The van der Waals surface area contributed by atoms with Crippen LogP contribution in [-0.2, 0) is 11.2 Å². The van der Waals surface area contributed by atoms with Gasteiger partial charge in [-0.1, -0.05) is 23.7 Å². The molecule has 0 radical (unpaired) electrons. The van der Waals surface area contributed by atoms with E-state index in [1.807, 2.05) is 17.0 Å². The van der Waals surface area contributed by atoms with Crippen molar-refractivity contribution in [1.82, 2.24) is 4.90 Å². The number of hydrogen-bond donors (Lipinski definition) is 0. The summed E-state index contributed by atoms with van der Waals surface area (Å²) in [5.74, 6) is 0.489. The number of piperazine rings is 1. The van der Waals surface area contributed by atoms with Crippen molar-refractivity contribution in [2.45, 2.75) is 6.42 Å². The molecule has 8 heteroatoms. The van der Waals surface area contributed by atoms with Crippen LogP contribution in [0.5, 0.6) is 5.75 Å². The standard InChI is InChI=1S/C19H20ClN3O4/c1-27-16-6-7-17(18(13-16)23(25)26)21-8-10-22(11-9-21)19(24)12-14-2-4-15(20)5-3-14/h2-7,13H,8-12H2,1H3. The minimum atomic E-state index is -0.407. The summed E-state index contributed by atoms with van der Waals surface area (Å²) >= 11 is 5.87. The summed E-state index contributed by atoms with van der Waals surface area (Å²) in [4.78, 5) is 27.2. The van der Waals surface area contributed by atoms with E-state index in [4.69, 9.17) is 16.3 Å². The molecule has 0 bridgehead atoms. The number of nitro groups is 1. The maximum Gasteiger partial charge on any atom is 0.296 e. The zero-order chi connectivity index (χ0) is 19.4. The molecular formula is C19H20ClN3O4. The number of nitrogens with zero attached hydrogens (tertiary/aromatic N) is 3. The minimum Gasteiger partial charge on any atom is -0.496 e. The van der Waals surface area contributed by atoms with Crippen molar-refractivity contribution < 1.29 is 14.5 Å². The third-order valence-electron chi connectivity index (χ3n) is 4.62. The number of anilines is 1. The Hall–Kier alpha value is -2.80. The Balaban J connectivity index is 1.64. The first-order valence-electron chi connectivity index (χ1n) is 8.57. The summed E-state index contributed by atoms with van der Waals surface area (Å²) < 4.78 is 5.08. The fraction of sp³-hybridized carbons (Fsp3) is 0.316. The molecule has 3 rings (SSSR count). The number of carbonyl (C=O) groups excluding carboxylic acids is 1. The molecule has 7 nitrogen and oxygen atoms in total. The predicted molar refractivity (Wildman–Crippen MR) is 104 cm³/mol. The number of methoxy groups -OCH3 is 1. The summed E-state index contributed by atoms with van der Waals surface area (Å²) in [5.41, 5.74) is 1.47. The molecule has 0 N–H and O–H groups in total.